The van der Waals surface area contributed by atoms with Crippen molar-refractivity contribution >= 4 is 38.9 Å². The summed E-state index contributed by atoms with van der Waals surface area (Å²) in [6, 6.07) is 59.4. The van der Waals surface area contributed by atoms with Crippen LogP contribution in [0.4, 0.5) is 17.1 Å². The van der Waals surface area contributed by atoms with Crippen LogP contribution in [0, 0.1) is 12.1 Å². The minimum Gasteiger partial charge on any atom is -0.358 e. The Balaban J connectivity index is 0.00000422. The summed E-state index contributed by atoms with van der Waals surface area (Å²) in [6.07, 6.45) is 3.91. The first-order chi connectivity index (χ1) is 27.2. The van der Waals surface area contributed by atoms with Crippen molar-refractivity contribution in [3.05, 3.63) is 187 Å². The van der Waals surface area contributed by atoms with Crippen LogP contribution in [0.1, 0.15) is 51.3 Å². The maximum absolute atomic E-state index is 5.05. The van der Waals surface area contributed by atoms with Crippen molar-refractivity contribution in [1.82, 2.24) is 19.3 Å². The molecule has 0 unspecified atom stereocenters. The molecule has 0 aliphatic carbocycles. The Kier molecular flexibility index (Phi) is 8.90. The Bertz CT molecular complexity index is 2930. The molecule has 10 rings (SSSR count). The Labute approximate surface area is 348 Å². The average Bonchev–Trinajstić information content (AvgIpc) is 3.81. The number of fused-ring (bicyclic) bond motifs is 5. The van der Waals surface area contributed by atoms with Crippen molar-refractivity contribution in [3.63, 3.8) is 0 Å². The topological polar surface area (TPSA) is 38.9 Å². The van der Waals surface area contributed by atoms with Crippen LogP contribution in [0.3, 0.4) is 0 Å². The number of hydrogen-bond acceptors (Lipinski definition) is 3. The van der Waals surface area contributed by atoms with Gasteiger partial charge in [0.15, 0.2) is 0 Å². The molecule has 0 bridgehead atoms. The fraction of sp³-hybridized carbons (Fsp3) is 0.137. The molecule has 3 aromatic heterocycles. The summed E-state index contributed by atoms with van der Waals surface area (Å²) in [6.45, 7) is 11.4. The van der Waals surface area contributed by atoms with Crippen LogP contribution < -0.4 is 4.90 Å². The molecule has 1 aliphatic rings. The summed E-state index contributed by atoms with van der Waals surface area (Å²) in [5, 5.41) is 7.35. The Morgan fingerprint density at radius 3 is 2.09 bits per heavy atom. The molecular weight excluding hydrogens is 878 g/mol. The monoisotopic (exact) mass is 918 g/mol. The molecule has 4 heterocycles. The van der Waals surface area contributed by atoms with Gasteiger partial charge in [-0.3, -0.25) is 4.68 Å². The maximum atomic E-state index is 5.05. The Morgan fingerprint density at radius 1 is 0.632 bits per heavy atom. The number of aromatic nitrogens is 4. The molecule has 0 saturated heterocycles. The van der Waals surface area contributed by atoms with Crippen molar-refractivity contribution in [3.8, 4) is 33.9 Å². The third kappa shape index (κ3) is 5.95. The number of benzene rings is 6. The van der Waals surface area contributed by atoms with E-state index in [4.69, 9.17) is 10.1 Å². The molecule has 6 aromatic carbocycles. The minimum absolute atomic E-state index is 0. The second kappa shape index (κ2) is 13.9. The molecule has 6 heteroatoms. The van der Waals surface area contributed by atoms with E-state index in [9.17, 15) is 0 Å². The molecule has 5 nitrogen and oxygen atoms in total. The van der Waals surface area contributed by atoms with Crippen LogP contribution in [-0.2, 0) is 31.9 Å². The van der Waals surface area contributed by atoms with Gasteiger partial charge in [0.1, 0.15) is 5.82 Å². The van der Waals surface area contributed by atoms with E-state index in [-0.39, 0.29) is 31.9 Å². The van der Waals surface area contributed by atoms with Gasteiger partial charge in [0.05, 0.1) is 11.9 Å². The van der Waals surface area contributed by atoms with Crippen molar-refractivity contribution in [1.29, 1.82) is 0 Å². The molecule has 9 aromatic rings. The van der Waals surface area contributed by atoms with Crippen LogP contribution >= 0.6 is 0 Å². The largest absolute Gasteiger partial charge is 2.00 e. The van der Waals surface area contributed by atoms with Crippen LogP contribution in [0.5, 0.6) is 0 Å². The number of rotatable bonds is 5. The van der Waals surface area contributed by atoms with Gasteiger partial charge in [-0.1, -0.05) is 149 Å². The first-order valence-electron chi connectivity index (χ1n) is 19.3. The van der Waals surface area contributed by atoms with Crippen molar-refractivity contribution in [2.24, 2.45) is 0 Å². The zero-order valence-electron chi connectivity index (χ0n) is 32.6. The molecule has 0 atom stereocenters. The molecule has 0 N–H and O–H groups in total. The van der Waals surface area contributed by atoms with Gasteiger partial charge in [-0.25, -0.2) is 4.98 Å². The molecule has 57 heavy (non-hydrogen) atoms. The van der Waals surface area contributed by atoms with Crippen LogP contribution in [-0.4, -0.2) is 19.3 Å². The second-order valence-corrected chi connectivity index (χ2v) is 16.2. The smallest absolute Gasteiger partial charge is 0.358 e. The zero-order valence-corrected chi connectivity index (χ0v) is 34.8. The van der Waals surface area contributed by atoms with Gasteiger partial charge in [0, 0.05) is 28.5 Å². The fourth-order valence-corrected chi connectivity index (χ4v) is 8.48. The molecule has 280 valence electrons. The quantitative estimate of drug-likeness (QED) is 0.162. The van der Waals surface area contributed by atoms with Gasteiger partial charge in [-0.2, -0.15) is 17.2 Å². The molecule has 0 amide bonds. The summed E-state index contributed by atoms with van der Waals surface area (Å²) >= 11 is 0. The fourth-order valence-electron chi connectivity index (χ4n) is 8.48. The summed E-state index contributed by atoms with van der Waals surface area (Å²) in [4.78, 5) is 7.28. The van der Waals surface area contributed by atoms with E-state index < -0.39 is 0 Å². The number of nitrogens with zero attached hydrogens (tertiary/aromatic N) is 5. The molecule has 0 fully saturated rings. The van der Waals surface area contributed by atoms with Crippen molar-refractivity contribution in [2.45, 2.75) is 45.4 Å². The van der Waals surface area contributed by atoms with Crippen molar-refractivity contribution < 1.29 is 21.1 Å². The number of para-hydroxylation sites is 2. The third-order valence-electron chi connectivity index (χ3n) is 11.4. The van der Waals surface area contributed by atoms with Crippen molar-refractivity contribution in [2.75, 3.05) is 4.90 Å². The maximum Gasteiger partial charge on any atom is 2.00 e. The van der Waals surface area contributed by atoms with Gasteiger partial charge in [-0.15, -0.1) is 35.2 Å². The number of hydrogen-bond donors (Lipinski definition) is 0. The zero-order chi connectivity index (χ0) is 38.2. The summed E-state index contributed by atoms with van der Waals surface area (Å²) in [5.41, 5.74) is 13.6. The van der Waals surface area contributed by atoms with Gasteiger partial charge in [0.2, 0.25) is 0 Å². The van der Waals surface area contributed by atoms with Crippen LogP contribution in [0.25, 0.3) is 55.7 Å². The van der Waals surface area contributed by atoms with E-state index >= 15 is 0 Å². The standard InChI is InChI=1S/C51H41N5.Pt/c1-50(2,3)36-28-29-52-48(30-36)55-44-22-14-12-20-39(44)40-26-24-37(31-46(40)55)54-45-23-15-13-21-42(45)51(4,5)43-27-25-38(32-47(43)54)56-49(35-18-10-7-11-19-35)41(33-53-56)34-16-8-6-9-17-34;/h6-30,33H,1-5H3;/q-2;+2. The normalized spacial score (nSPS) is 13.3. The van der Waals surface area contributed by atoms with E-state index in [2.05, 4.69) is 202 Å². The minimum atomic E-state index is -0.282. The summed E-state index contributed by atoms with van der Waals surface area (Å²) in [7, 11) is 0. The molecule has 0 spiro atoms. The first kappa shape index (κ1) is 36.6. The Morgan fingerprint density at radius 2 is 1.32 bits per heavy atom. The van der Waals surface area contributed by atoms with Crippen LogP contribution in [0.15, 0.2) is 158 Å². The van der Waals surface area contributed by atoms with Gasteiger partial charge in [0.25, 0.3) is 0 Å². The predicted octanol–water partition coefficient (Wildman–Crippen LogP) is 12.7. The number of pyridine rings is 1. The van der Waals surface area contributed by atoms with Gasteiger partial charge >= 0.3 is 21.1 Å². The second-order valence-electron chi connectivity index (χ2n) is 16.2. The Hall–Kier alpha value is -6.03. The van der Waals surface area contributed by atoms with E-state index in [1.165, 1.54) is 22.1 Å². The molecule has 0 saturated carbocycles. The van der Waals surface area contributed by atoms with E-state index in [0.717, 1.165) is 67.4 Å². The first-order valence-corrected chi connectivity index (χ1v) is 19.3. The van der Waals surface area contributed by atoms with E-state index in [0.29, 0.717) is 0 Å². The third-order valence-corrected chi connectivity index (χ3v) is 11.4. The van der Waals surface area contributed by atoms with E-state index in [1.807, 2.05) is 17.1 Å². The SMILES string of the molecule is CC(C)(C)c1ccnc(-n2c3[c-]c(N4c5[c-]c(-n6ncc(-c7ccccc7)c6-c6ccccc6)ccc5C(C)(C)c5ccccc54)ccc3c3ccccc32)c1.[Pt+2]. The number of anilines is 3. The summed E-state index contributed by atoms with van der Waals surface area (Å²) in [5.74, 6) is 0.882. The van der Waals surface area contributed by atoms with Gasteiger partial charge in [-0.05, 0) is 62.9 Å². The summed E-state index contributed by atoms with van der Waals surface area (Å²) < 4.78 is 4.31. The predicted molar refractivity (Wildman–Crippen MR) is 230 cm³/mol. The molecule has 0 radical (unpaired) electrons. The molecule has 1 aliphatic heterocycles. The van der Waals surface area contributed by atoms with E-state index in [1.54, 1.807) is 0 Å². The van der Waals surface area contributed by atoms with Crippen LogP contribution in [0.2, 0.25) is 0 Å². The average molecular weight is 919 g/mol. The van der Waals surface area contributed by atoms with Gasteiger partial charge < -0.3 is 9.47 Å². The molecular formula is C51H41N5Pt.